The number of hydrogen-bond acceptors (Lipinski definition) is 6. The van der Waals surface area contributed by atoms with Gasteiger partial charge in [0.05, 0.1) is 25.4 Å². The number of carbonyl (C=O) groups is 2. The first-order chi connectivity index (χ1) is 15.8. The van der Waals surface area contributed by atoms with Crippen LogP contribution in [-0.2, 0) is 9.59 Å². The number of ketones is 1. The Bertz CT molecular complexity index is 1290. The molecule has 0 saturated carbocycles. The summed E-state index contributed by atoms with van der Waals surface area (Å²) in [7, 11) is 3.02. The van der Waals surface area contributed by atoms with Crippen molar-refractivity contribution in [3.05, 3.63) is 82.3 Å². The molecule has 3 aromatic rings. The van der Waals surface area contributed by atoms with Gasteiger partial charge in [-0.15, -0.1) is 0 Å². The van der Waals surface area contributed by atoms with Crippen molar-refractivity contribution in [2.24, 2.45) is 0 Å². The largest absolute Gasteiger partial charge is 0.507 e. The molecular formula is C26H25NO6. The number of anilines is 1. The molecule has 1 amide bonds. The Kier molecular flexibility index (Phi) is 5.72. The maximum atomic E-state index is 13.3. The molecule has 0 aliphatic carbocycles. The van der Waals surface area contributed by atoms with Crippen LogP contribution in [0.3, 0.4) is 0 Å². The van der Waals surface area contributed by atoms with Crippen molar-refractivity contribution in [2.45, 2.75) is 26.8 Å². The van der Waals surface area contributed by atoms with Gasteiger partial charge in [-0.05, 0) is 62.2 Å². The third-order valence-corrected chi connectivity index (χ3v) is 5.68. The van der Waals surface area contributed by atoms with E-state index in [1.165, 1.54) is 19.1 Å². The van der Waals surface area contributed by atoms with Crippen LogP contribution in [0.5, 0.6) is 11.5 Å². The van der Waals surface area contributed by atoms with Crippen LogP contribution in [0.25, 0.3) is 5.76 Å². The van der Waals surface area contributed by atoms with Crippen molar-refractivity contribution in [3.8, 4) is 11.5 Å². The molecule has 0 spiro atoms. The van der Waals surface area contributed by atoms with Gasteiger partial charge in [-0.2, -0.15) is 0 Å². The molecule has 0 bridgehead atoms. The van der Waals surface area contributed by atoms with Gasteiger partial charge in [0.25, 0.3) is 11.7 Å². The number of ether oxygens (including phenoxy) is 2. The smallest absolute Gasteiger partial charge is 0.300 e. The minimum absolute atomic E-state index is 0.0690. The van der Waals surface area contributed by atoms with E-state index < -0.39 is 17.7 Å². The average Bonchev–Trinajstić information content (AvgIpc) is 3.33. The molecule has 1 atom stereocenters. The second-order valence-electron chi connectivity index (χ2n) is 7.98. The van der Waals surface area contributed by atoms with E-state index in [4.69, 9.17) is 13.9 Å². The number of aryl methyl sites for hydroxylation is 3. The summed E-state index contributed by atoms with van der Waals surface area (Å²) >= 11 is 0. The summed E-state index contributed by atoms with van der Waals surface area (Å²) in [5.41, 5.74) is 2.39. The number of nitrogens with zero attached hydrogens (tertiary/aromatic N) is 1. The normalized spacial score (nSPS) is 17.5. The number of benzene rings is 2. The van der Waals surface area contributed by atoms with E-state index in [2.05, 4.69) is 0 Å². The van der Waals surface area contributed by atoms with Crippen LogP contribution in [-0.4, -0.2) is 31.0 Å². The number of methoxy groups -OCH3 is 2. The number of aliphatic hydroxyl groups is 1. The van der Waals surface area contributed by atoms with Crippen LogP contribution >= 0.6 is 0 Å². The van der Waals surface area contributed by atoms with Gasteiger partial charge < -0.3 is 19.0 Å². The van der Waals surface area contributed by atoms with Gasteiger partial charge in [0.1, 0.15) is 34.8 Å². The molecule has 0 radical (unpaired) electrons. The minimum atomic E-state index is -0.962. The average molecular weight is 447 g/mol. The summed E-state index contributed by atoms with van der Waals surface area (Å²) < 4.78 is 16.7. The fourth-order valence-corrected chi connectivity index (χ4v) is 4.27. The fourth-order valence-electron chi connectivity index (χ4n) is 4.27. The first-order valence-corrected chi connectivity index (χ1v) is 10.4. The third kappa shape index (κ3) is 3.75. The predicted molar refractivity (Wildman–Crippen MR) is 124 cm³/mol. The van der Waals surface area contributed by atoms with E-state index in [1.807, 2.05) is 19.9 Å². The molecule has 2 aromatic carbocycles. The van der Waals surface area contributed by atoms with E-state index >= 15 is 0 Å². The van der Waals surface area contributed by atoms with Crippen LogP contribution in [0.4, 0.5) is 5.69 Å². The zero-order valence-electron chi connectivity index (χ0n) is 19.1. The molecule has 1 aromatic heterocycles. The lowest BCUT2D eigenvalue weighted by Gasteiger charge is -2.24. The van der Waals surface area contributed by atoms with E-state index in [0.717, 1.165) is 11.1 Å². The van der Waals surface area contributed by atoms with E-state index in [-0.39, 0.29) is 11.3 Å². The van der Waals surface area contributed by atoms with Gasteiger partial charge in [-0.25, -0.2) is 0 Å². The molecule has 1 fully saturated rings. The van der Waals surface area contributed by atoms with Crippen molar-refractivity contribution in [1.82, 2.24) is 0 Å². The number of rotatable bonds is 5. The van der Waals surface area contributed by atoms with Crippen LogP contribution in [0.2, 0.25) is 0 Å². The van der Waals surface area contributed by atoms with Crippen LogP contribution < -0.4 is 14.4 Å². The summed E-state index contributed by atoms with van der Waals surface area (Å²) in [5, 5.41) is 11.4. The van der Waals surface area contributed by atoms with Crippen molar-refractivity contribution >= 4 is 23.1 Å². The molecule has 33 heavy (non-hydrogen) atoms. The van der Waals surface area contributed by atoms with Gasteiger partial charge in [-0.3, -0.25) is 14.5 Å². The van der Waals surface area contributed by atoms with Crippen molar-refractivity contribution in [1.29, 1.82) is 0 Å². The molecule has 1 unspecified atom stereocenters. The fraction of sp³-hybridized carbons (Fsp3) is 0.231. The summed E-state index contributed by atoms with van der Waals surface area (Å²) in [6.07, 6.45) is 0. The Hall–Kier alpha value is -4.00. The van der Waals surface area contributed by atoms with E-state index in [9.17, 15) is 14.7 Å². The SMILES string of the molecule is COc1cccc(N2C(=O)C(=O)/C(=C(/O)c3cc(C)cc(C)c3OC)C2c2ccc(C)o2)c1. The molecule has 2 heterocycles. The zero-order chi connectivity index (χ0) is 23.9. The van der Waals surface area contributed by atoms with Crippen LogP contribution in [0, 0.1) is 20.8 Å². The summed E-state index contributed by atoms with van der Waals surface area (Å²) in [6, 6.07) is 13.0. The van der Waals surface area contributed by atoms with E-state index in [1.54, 1.807) is 49.4 Å². The Labute approximate surface area is 191 Å². The van der Waals surface area contributed by atoms with Gasteiger partial charge >= 0.3 is 0 Å². The highest BCUT2D eigenvalue weighted by molar-refractivity contribution is 6.51. The molecule has 7 nitrogen and oxygen atoms in total. The maximum Gasteiger partial charge on any atom is 0.300 e. The Morgan fingerprint density at radius 3 is 2.39 bits per heavy atom. The molecule has 1 aliphatic rings. The predicted octanol–water partition coefficient (Wildman–Crippen LogP) is 4.85. The third-order valence-electron chi connectivity index (χ3n) is 5.68. The summed E-state index contributed by atoms with van der Waals surface area (Å²) in [4.78, 5) is 27.9. The second kappa shape index (κ2) is 8.50. The van der Waals surface area contributed by atoms with Gasteiger partial charge in [-0.1, -0.05) is 12.1 Å². The number of aliphatic hydroxyl groups excluding tert-OH is 1. The number of amides is 1. The van der Waals surface area contributed by atoms with Crippen LogP contribution in [0.1, 0.15) is 34.3 Å². The standard InChI is InChI=1S/C26H25NO6/c1-14-11-15(2)25(32-5)19(12-14)23(28)21-22(20-10-9-16(3)33-20)27(26(30)24(21)29)17-7-6-8-18(13-17)31-4/h6-13,22,28H,1-5H3/b23-21+. The highest BCUT2D eigenvalue weighted by Gasteiger charge is 2.48. The van der Waals surface area contributed by atoms with Gasteiger partial charge in [0.15, 0.2) is 0 Å². The topological polar surface area (TPSA) is 89.2 Å². The molecule has 1 N–H and O–H groups in total. The first-order valence-electron chi connectivity index (χ1n) is 10.4. The lowest BCUT2D eigenvalue weighted by molar-refractivity contribution is -0.132. The van der Waals surface area contributed by atoms with Crippen molar-refractivity contribution in [2.75, 3.05) is 19.1 Å². The monoisotopic (exact) mass is 447 g/mol. The first kappa shape index (κ1) is 22.2. The van der Waals surface area contributed by atoms with E-state index in [0.29, 0.717) is 34.3 Å². The maximum absolute atomic E-state index is 13.3. The number of carbonyl (C=O) groups excluding carboxylic acids is 2. The minimum Gasteiger partial charge on any atom is -0.507 e. The number of hydrogen-bond donors (Lipinski definition) is 1. The quantitative estimate of drug-likeness (QED) is 0.342. The Balaban J connectivity index is 1.99. The van der Waals surface area contributed by atoms with Gasteiger partial charge in [0, 0.05) is 11.8 Å². The van der Waals surface area contributed by atoms with Gasteiger partial charge in [0.2, 0.25) is 0 Å². The zero-order valence-corrected chi connectivity index (χ0v) is 19.1. The molecule has 1 aliphatic heterocycles. The molecule has 1 saturated heterocycles. The lowest BCUT2D eigenvalue weighted by atomic mass is 9.96. The number of furan rings is 1. The highest BCUT2D eigenvalue weighted by atomic mass is 16.5. The second-order valence-corrected chi connectivity index (χ2v) is 7.98. The molecule has 4 rings (SSSR count). The van der Waals surface area contributed by atoms with Crippen molar-refractivity contribution < 1.29 is 28.6 Å². The molecular weight excluding hydrogens is 422 g/mol. The van der Waals surface area contributed by atoms with Crippen LogP contribution in [0.15, 0.2) is 58.5 Å². The molecule has 7 heteroatoms. The van der Waals surface area contributed by atoms with Crippen molar-refractivity contribution in [3.63, 3.8) is 0 Å². The molecule has 170 valence electrons. The highest BCUT2D eigenvalue weighted by Crippen LogP contribution is 2.44. The number of Topliss-reactive ketones (excluding diaryl/α,β-unsaturated/α-hetero) is 1. The Morgan fingerprint density at radius 2 is 1.76 bits per heavy atom. The summed E-state index contributed by atoms with van der Waals surface area (Å²) in [5.74, 6) is 0.0358. The Morgan fingerprint density at radius 1 is 1.00 bits per heavy atom. The summed E-state index contributed by atoms with van der Waals surface area (Å²) in [6.45, 7) is 5.50. The lowest BCUT2D eigenvalue weighted by Crippen LogP contribution is -2.29.